The molecule has 0 bridgehead atoms. The molecule has 2 heterocycles. The minimum Gasteiger partial charge on any atom is -0.496 e. The largest absolute Gasteiger partial charge is 0.496 e. The van der Waals surface area contributed by atoms with Crippen LogP contribution in [0, 0.1) is 0 Å². The maximum Gasteiger partial charge on any atom is 0.258 e. The van der Waals surface area contributed by atoms with Crippen LogP contribution in [0.4, 0.5) is 0 Å². The maximum absolute atomic E-state index is 12.7. The number of methoxy groups -OCH3 is 1. The number of nitrogens with one attached hydrogen (secondary N) is 1. The Hall–Kier alpha value is -2.99. The molecule has 0 aliphatic carbocycles. The maximum atomic E-state index is 12.7. The first kappa shape index (κ1) is 18.4. The van der Waals surface area contributed by atoms with Gasteiger partial charge in [0.05, 0.1) is 13.3 Å². The van der Waals surface area contributed by atoms with E-state index in [0.717, 1.165) is 39.1 Å². The Morgan fingerprint density at radius 3 is 2.68 bits per heavy atom. The monoisotopic (exact) mass is 391 g/mol. The molecule has 0 amide bonds. The second kappa shape index (κ2) is 7.56. The van der Waals surface area contributed by atoms with Crippen molar-refractivity contribution < 1.29 is 4.74 Å². The number of pyridine rings is 1. The number of nitrogens with zero attached hydrogens (tertiary/aromatic N) is 2. The van der Waals surface area contributed by atoms with E-state index in [0.29, 0.717) is 5.39 Å². The van der Waals surface area contributed by atoms with Crippen molar-refractivity contribution >= 4 is 22.5 Å². The van der Waals surface area contributed by atoms with Gasteiger partial charge in [0.15, 0.2) is 0 Å². The third-order valence-corrected chi connectivity index (χ3v) is 5.66. The van der Waals surface area contributed by atoms with E-state index in [1.807, 2.05) is 30.6 Å². The molecule has 0 unspecified atom stereocenters. The number of aryl methyl sites for hydroxylation is 1. The molecular weight excluding hydrogens is 370 g/mol. The molecule has 2 aromatic carbocycles. The first-order valence-corrected chi connectivity index (χ1v) is 10.0. The summed E-state index contributed by atoms with van der Waals surface area (Å²) in [4.78, 5) is 13.9. The van der Waals surface area contributed by atoms with Gasteiger partial charge in [0.2, 0.25) is 0 Å². The molecule has 0 atom stereocenters. The summed E-state index contributed by atoms with van der Waals surface area (Å²) in [6.45, 7) is 2.13. The van der Waals surface area contributed by atoms with E-state index in [-0.39, 0.29) is 5.56 Å². The highest BCUT2D eigenvalue weighted by Gasteiger charge is 2.15. The van der Waals surface area contributed by atoms with E-state index in [2.05, 4.69) is 35.3 Å². The molecule has 4 aromatic rings. The molecule has 0 aliphatic rings. The zero-order valence-corrected chi connectivity index (χ0v) is 16.8. The normalized spacial score (nSPS) is 11.1. The third-order valence-electron chi connectivity index (χ3n) is 4.79. The lowest BCUT2D eigenvalue weighted by molar-refractivity contribution is 0.416. The van der Waals surface area contributed by atoms with Crippen molar-refractivity contribution in [3.8, 4) is 28.0 Å². The summed E-state index contributed by atoms with van der Waals surface area (Å²) in [7, 11) is 3.46. The van der Waals surface area contributed by atoms with Crippen LogP contribution in [0.15, 0.2) is 64.7 Å². The zero-order valence-electron chi connectivity index (χ0n) is 16.0. The molecule has 6 heteroatoms. The fourth-order valence-corrected chi connectivity index (χ4v) is 4.12. The lowest BCUT2D eigenvalue weighted by Crippen LogP contribution is -2.16. The number of hydrogen-bond donors (Lipinski definition) is 1. The molecule has 5 nitrogen and oxygen atoms in total. The first-order chi connectivity index (χ1) is 13.6. The van der Waals surface area contributed by atoms with Crippen molar-refractivity contribution in [3.05, 3.63) is 65.3 Å². The minimum atomic E-state index is -0.0180. The van der Waals surface area contributed by atoms with Gasteiger partial charge in [0, 0.05) is 46.4 Å². The molecular formula is C22H21N3O2S. The first-order valence-electron chi connectivity index (χ1n) is 9.06. The Labute approximate surface area is 167 Å². The van der Waals surface area contributed by atoms with Gasteiger partial charge in [0.1, 0.15) is 5.75 Å². The summed E-state index contributed by atoms with van der Waals surface area (Å²) in [5, 5.41) is 8.47. The van der Waals surface area contributed by atoms with E-state index in [1.165, 1.54) is 4.90 Å². The van der Waals surface area contributed by atoms with Gasteiger partial charge in [-0.15, -0.1) is 11.8 Å². The second-order valence-electron chi connectivity index (χ2n) is 6.50. The van der Waals surface area contributed by atoms with E-state index in [4.69, 9.17) is 4.74 Å². The lowest BCUT2D eigenvalue weighted by atomic mass is 9.97. The Kier molecular flexibility index (Phi) is 4.96. The van der Waals surface area contributed by atoms with Crippen LogP contribution in [-0.2, 0) is 7.05 Å². The standard InChI is InChI=1S/C22H21N3O2S/c1-4-28-16-6-8-21(27-3)19(10-16)20-13-25(2)22(26)17-7-5-14(9-18(17)20)15-11-23-24-12-15/h5-13H,4H2,1-3H3,(H,23,24). The predicted octanol–water partition coefficient (Wildman–Crippen LogP) is 4.72. The Morgan fingerprint density at radius 1 is 1.11 bits per heavy atom. The summed E-state index contributed by atoms with van der Waals surface area (Å²) in [6, 6.07) is 12.1. The molecule has 0 saturated carbocycles. The van der Waals surface area contributed by atoms with Crippen molar-refractivity contribution in [3.63, 3.8) is 0 Å². The predicted molar refractivity (Wildman–Crippen MR) is 115 cm³/mol. The number of aromatic nitrogens is 3. The van der Waals surface area contributed by atoms with Crippen LogP contribution in [0.5, 0.6) is 5.75 Å². The summed E-state index contributed by atoms with van der Waals surface area (Å²) < 4.78 is 7.28. The smallest absolute Gasteiger partial charge is 0.258 e. The Morgan fingerprint density at radius 2 is 1.96 bits per heavy atom. The van der Waals surface area contributed by atoms with Gasteiger partial charge in [-0.3, -0.25) is 9.89 Å². The quantitative estimate of drug-likeness (QED) is 0.500. The summed E-state index contributed by atoms with van der Waals surface area (Å²) in [5.74, 6) is 1.78. The molecule has 0 aliphatic heterocycles. The summed E-state index contributed by atoms with van der Waals surface area (Å²) in [6.07, 6.45) is 5.52. The molecule has 142 valence electrons. The summed E-state index contributed by atoms with van der Waals surface area (Å²) in [5.41, 5.74) is 3.92. The Balaban J connectivity index is 2.03. The molecule has 0 saturated heterocycles. The number of thioether (sulfide) groups is 1. The SMILES string of the molecule is CCSc1ccc(OC)c(-c2cn(C)c(=O)c3ccc(-c4cn[nH]c4)cc23)c1. The van der Waals surface area contributed by atoms with Gasteiger partial charge >= 0.3 is 0 Å². The average molecular weight is 391 g/mol. The van der Waals surface area contributed by atoms with Gasteiger partial charge in [0.25, 0.3) is 5.56 Å². The van der Waals surface area contributed by atoms with Crippen molar-refractivity contribution in [2.45, 2.75) is 11.8 Å². The lowest BCUT2D eigenvalue weighted by Gasteiger charge is -2.15. The molecule has 0 fully saturated rings. The fourth-order valence-electron chi connectivity index (χ4n) is 3.42. The topological polar surface area (TPSA) is 59.9 Å². The van der Waals surface area contributed by atoms with Gasteiger partial charge in [-0.2, -0.15) is 5.10 Å². The van der Waals surface area contributed by atoms with Crippen molar-refractivity contribution in [2.24, 2.45) is 7.05 Å². The van der Waals surface area contributed by atoms with Crippen molar-refractivity contribution in [2.75, 3.05) is 12.9 Å². The molecule has 0 radical (unpaired) electrons. The Bertz CT molecular complexity index is 1200. The van der Waals surface area contributed by atoms with Crippen LogP contribution < -0.4 is 10.3 Å². The zero-order chi connectivity index (χ0) is 19.7. The van der Waals surface area contributed by atoms with Crippen LogP contribution in [-0.4, -0.2) is 27.6 Å². The number of rotatable bonds is 5. The third kappa shape index (κ3) is 3.20. The number of benzene rings is 2. The van der Waals surface area contributed by atoms with Crippen molar-refractivity contribution in [1.82, 2.24) is 14.8 Å². The van der Waals surface area contributed by atoms with Crippen LogP contribution in [0.3, 0.4) is 0 Å². The van der Waals surface area contributed by atoms with Gasteiger partial charge in [-0.1, -0.05) is 13.0 Å². The number of fused-ring (bicyclic) bond motifs is 1. The number of hydrogen-bond acceptors (Lipinski definition) is 4. The number of aromatic amines is 1. The van der Waals surface area contributed by atoms with E-state index in [9.17, 15) is 4.79 Å². The highest BCUT2D eigenvalue weighted by Crippen LogP contribution is 2.38. The molecule has 4 rings (SSSR count). The average Bonchev–Trinajstić information content (AvgIpc) is 3.25. The van der Waals surface area contributed by atoms with Gasteiger partial charge < -0.3 is 9.30 Å². The van der Waals surface area contributed by atoms with E-state index >= 15 is 0 Å². The highest BCUT2D eigenvalue weighted by atomic mass is 32.2. The molecule has 0 spiro atoms. The number of ether oxygens (including phenoxy) is 1. The molecule has 2 aromatic heterocycles. The second-order valence-corrected chi connectivity index (χ2v) is 7.84. The van der Waals surface area contributed by atoms with Crippen LogP contribution >= 0.6 is 11.8 Å². The van der Waals surface area contributed by atoms with Crippen LogP contribution in [0.1, 0.15) is 6.92 Å². The van der Waals surface area contributed by atoms with Crippen LogP contribution in [0.2, 0.25) is 0 Å². The van der Waals surface area contributed by atoms with Gasteiger partial charge in [-0.25, -0.2) is 0 Å². The van der Waals surface area contributed by atoms with Gasteiger partial charge in [-0.05, 0) is 47.0 Å². The molecule has 1 N–H and O–H groups in total. The van der Waals surface area contributed by atoms with E-state index < -0.39 is 0 Å². The van der Waals surface area contributed by atoms with Crippen LogP contribution in [0.25, 0.3) is 33.0 Å². The fraction of sp³-hybridized carbons (Fsp3) is 0.182. The number of H-pyrrole nitrogens is 1. The minimum absolute atomic E-state index is 0.0180. The molecule has 28 heavy (non-hydrogen) atoms. The van der Waals surface area contributed by atoms with E-state index in [1.54, 1.807) is 36.7 Å². The van der Waals surface area contributed by atoms with Crippen molar-refractivity contribution in [1.29, 1.82) is 0 Å². The summed E-state index contributed by atoms with van der Waals surface area (Å²) >= 11 is 1.78. The highest BCUT2D eigenvalue weighted by molar-refractivity contribution is 7.99.